The maximum absolute atomic E-state index is 10.7. The fraction of sp³-hybridized carbons (Fsp3) is 0.133. The average molecular weight is 283 g/mol. The van der Waals surface area contributed by atoms with Crippen LogP contribution in [0.1, 0.15) is 5.56 Å². The Morgan fingerprint density at radius 1 is 1.19 bits per heavy atom. The Hall–Kier alpha value is -2.73. The largest absolute Gasteiger partial charge is 0.356 e. The summed E-state index contributed by atoms with van der Waals surface area (Å²) in [6, 6.07) is 14.5. The first-order chi connectivity index (χ1) is 10.2. The van der Waals surface area contributed by atoms with Gasteiger partial charge in [0.15, 0.2) is 0 Å². The zero-order valence-electron chi connectivity index (χ0n) is 11.2. The van der Waals surface area contributed by atoms with E-state index in [1.165, 1.54) is 12.1 Å². The van der Waals surface area contributed by atoms with Gasteiger partial charge in [0.2, 0.25) is 0 Å². The molecule has 21 heavy (non-hydrogen) atoms. The van der Waals surface area contributed by atoms with Crippen LogP contribution < -0.4 is 0 Å². The molecule has 3 aromatic rings. The maximum atomic E-state index is 10.7. The molecule has 1 heterocycles. The van der Waals surface area contributed by atoms with E-state index in [9.17, 15) is 10.1 Å². The van der Waals surface area contributed by atoms with Crippen LogP contribution in [0.3, 0.4) is 0 Å². The van der Waals surface area contributed by atoms with Crippen LogP contribution in [0.15, 0.2) is 54.9 Å². The number of nitrogens with zero attached hydrogens (tertiary/aromatic N) is 3. The van der Waals surface area contributed by atoms with E-state index in [1.807, 2.05) is 34.9 Å². The second-order valence-electron chi connectivity index (χ2n) is 4.61. The second kappa shape index (κ2) is 5.72. The van der Waals surface area contributed by atoms with Gasteiger partial charge in [-0.3, -0.25) is 10.1 Å². The van der Waals surface area contributed by atoms with Crippen molar-refractivity contribution < 1.29 is 9.66 Å². The Bertz CT molecular complexity index is 768. The normalized spacial score (nSPS) is 10.9. The Morgan fingerprint density at radius 2 is 2.00 bits per heavy atom. The van der Waals surface area contributed by atoms with E-state index in [1.54, 1.807) is 12.4 Å². The van der Waals surface area contributed by atoms with E-state index in [0.29, 0.717) is 18.9 Å². The van der Waals surface area contributed by atoms with Crippen LogP contribution in [0.4, 0.5) is 5.69 Å². The van der Waals surface area contributed by atoms with Gasteiger partial charge in [0.1, 0.15) is 6.73 Å². The molecule has 0 fully saturated rings. The van der Waals surface area contributed by atoms with Gasteiger partial charge in [0.05, 0.1) is 28.9 Å². The molecule has 0 aliphatic carbocycles. The molecule has 6 nitrogen and oxygen atoms in total. The molecule has 0 amide bonds. The van der Waals surface area contributed by atoms with Crippen LogP contribution in [0.5, 0.6) is 0 Å². The van der Waals surface area contributed by atoms with Crippen molar-refractivity contribution in [2.24, 2.45) is 0 Å². The number of ether oxygens (including phenoxy) is 1. The Labute approximate surface area is 120 Å². The van der Waals surface area contributed by atoms with Gasteiger partial charge >= 0.3 is 0 Å². The highest BCUT2D eigenvalue weighted by atomic mass is 16.6. The SMILES string of the molecule is O=[N+]([O-])c1ccc2c(c1)ncn2COCc1ccccc1. The zero-order valence-corrected chi connectivity index (χ0v) is 11.2. The molecule has 0 aliphatic heterocycles. The fourth-order valence-corrected chi connectivity index (χ4v) is 2.10. The van der Waals surface area contributed by atoms with Crippen molar-refractivity contribution in [3.8, 4) is 0 Å². The van der Waals surface area contributed by atoms with Gasteiger partial charge in [-0.1, -0.05) is 30.3 Å². The summed E-state index contributed by atoms with van der Waals surface area (Å²) in [7, 11) is 0. The summed E-state index contributed by atoms with van der Waals surface area (Å²) in [6.45, 7) is 0.858. The minimum absolute atomic E-state index is 0.0398. The predicted molar refractivity (Wildman–Crippen MR) is 77.6 cm³/mol. The van der Waals surface area contributed by atoms with Crippen LogP contribution in [0, 0.1) is 10.1 Å². The molecular weight excluding hydrogens is 270 g/mol. The molecule has 0 atom stereocenters. The van der Waals surface area contributed by atoms with Crippen LogP contribution in [-0.4, -0.2) is 14.5 Å². The topological polar surface area (TPSA) is 70.2 Å². The van der Waals surface area contributed by atoms with E-state index in [4.69, 9.17) is 4.74 Å². The molecule has 0 N–H and O–H groups in total. The number of fused-ring (bicyclic) bond motifs is 1. The van der Waals surface area contributed by atoms with Gasteiger partial charge in [0.25, 0.3) is 5.69 Å². The highest BCUT2D eigenvalue weighted by molar-refractivity contribution is 5.77. The quantitative estimate of drug-likeness (QED) is 0.533. The molecule has 1 aromatic heterocycles. The second-order valence-corrected chi connectivity index (χ2v) is 4.61. The van der Waals surface area contributed by atoms with Crippen LogP contribution in [-0.2, 0) is 18.1 Å². The maximum Gasteiger partial charge on any atom is 0.271 e. The summed E-state index contributed by atoms with van der Waals surface area (Å²) >= 11 is 0. The summed E-state index contributed by atoms with van der Waals surface area (Å²) in [4.78, 5) is 14.5. The van der Waals surface area contributed by atoms with Crippen LogP contribution in [0.2, 0.25) is 0 Å². The number of imidazole rings is 1. The lowest BCUT2D eigenvalue weighted by Gasteiger charge is -2.06. The van der Waals surface area contributed by atoms with Gasteiger partial charge < -0.3 is 9.30 Å². The molecule has 0 saturated heterocycles. The van der Waals surface area contributed by atoms with Gasteiger partial charge in [-0.15, -0.1) is 0 Å². The van der Waals surface area contributed by atoms with Crippen LogP contribution in [0.25, 0.3) is 11.0 Å². The van der Waals surface area contributed by atoms with Crippen LogP contribution >= 0.6 is 0 Å². The van der Waals surface area contributed by atoms with Gasteiger partial charge in [-0.2, -0.15) is 0 Å². The summed E-state index contributed by atoms with van der Waals surface area (Å²) in [5.74, 6) is 0. The molecule has 0 radical (unpaired) electrons. The zero-order chi connectivity index (χ0) is 14.7. The first-order valence-electron chi connectivity index (χ1n) is 6.45. The molecule has 106 valence electrons. The lowest BCUT2D eigenvalue weighted by atomic mass is 10.2. The smallest absolute Gasteiger partial charge is 0.271 e. The molecular formula is C15H13N3O3. The number of non-ortho nitro benzene ring substituents is 1. The van der Waals surface area contributed by atoms with E-state index in [2.05, 4.69) is 4.98 Å². The van der Waals surface area contributed by atoms with E-state index < -0.39 is 4.92 Å². The highest BCUT2D eigenvalue weighted by Crippen LogP contribution is 2.19. The molecule has 0 bridgehead atoms. The fourth-order valence-electron chi connectivity index (χ4n) is 2.10. The lowest BCUT2D eigenvalue weighted by molar-refractivity contribution is -0.384. The summed E-state index contributed by atoms with van der Waals surface area (Å²) in [5.41, 5.74) is 2.54. The molecule has 0 saturated carbocycles. The third-order valence-corrected chi connectivity index (χ3v) is 3.16. The lowest BCUT2D eigenvalue weighted by Crippen LogP contribution is -2.01. The number of rotatable bonds is 5. The van der Waals surface area contributed by atoms with E-state index in [0.717, 1.165) is 11.1 Å². The Morgan fingerprint density at radius 3 is 2.76 bits per heavy atom. The monoisotopic (exact) mass is 283 g/mol. The molecule has 0 spiro atoms. The van der Waals surface area contributed by atoms with E-state index in [-0.39, 0.29) is 5.69 Å². The van der Waals surface area contributed by atoms with Crippen molar-refractivity contribution in [1.82, 2.24) is 9.55 Å². The molecule has 6 heteroatoms. The molecule has 0 aliphatic rings. The highest BCUT2D eigenvalue weighted by Gasteiger charge is 2.09. The minimum Gasteiger partial charge on any atom is -0.356 e. The number of aromatic nitrogens is 2. The Balaban J connectivity index is 1.71. The number of benzene rings is 2. The number of hydrogen-bond acceptors (Lipinski definition) is 4. The number of nitro groups is 1. The number of hydrogen-bond donors (Lipinski definition) is 0. The first-order valence-corrected chi connectivity index (χ1v) is 6.45. The van der Waals surface area contributed by atoms with Crippen molar-refractivity contribution in [2.75, 3.05) is 0 Å². The van der Waals surface area contributed by atoms with Gasteiger partial charge in [0, 0.05) is 12.1 Å². The van der Waals surface area contributed by atoms with Crippen molar-refractivity contribution in [3.63, 3.8) is 0 Å². The minimum atomic E-state index is -0.426. The predicted octanol–water partition coefficient (Wildman–Crippen LogP) is 3.12. The van der Waals surface area contributed by atoms with Crippen molar-refractivity contribution in [3.05, 3.63) is 70.5 Å². The average Bonchev–Trinajstić information content (AvgIpc) is 2.91. The van der Waals surface area contributed by atoms with Crippen molar-refractivity contribution in [2.45, 2.75) is 13.3 Å². The molecule has 3 rings (SSSR count). The molecule has 0 unspecified atom stereocenters. The molecule has 2 aromatic carbocycles. The summed E-state index contributed by atoms with van der Waals surface area (Å²) in [5, 5.41) is 10.7. The van der Waals surface area contributed by atoms with E-state index >= 15 is 0 Å². The Kier molecular flexibility index (Phi) is 3.61. The summed E-state index contributed by atoms with van der Waals surface area (Å²) in [6.07, 6.45) is 1.62. The van der Waals surface area contributed by atoms with Gasteiger partial charge in [-0.05, 0) is 11.6 Å². The van der Waals surface area contributed by atoms with Crippen molar-refractivity contribution >= 4 is 16.7 Å². The van der Waals surface area contributed by atoms with Gasteiger partial charge in [-0.25, -0.2) is 4.98 Å². The third-order valence-electron chi connectivity index (χ3n) is 3.16. The summed E-state index contributed by atoms with van der Waals surface area (Å²) < 4.78 is 7.46. The first kappa shape index (κ1) is 13.3. The third kappa shape index (κ3) is 2.90. The van der Waals surface area contributed by atoms with Crippen molar-refractivity contribution in [1.29, 1.82) is 0 Å². The number of nitro benzene ring substituents is 1. The standard InChI is InChI=1S/C15H13N3O3/c19-18(20)13-6-7-15-14(8-13)16-10-17(15)11-21-9-12-4-2-1-3-5-12/h1-8,10H,9,11H2.